The second kappa shape index (κ2) is 7.74. The number of pyridine rings is 1. The topological polar surface area (TPSA) is 65.5 Å². The Labute approximate surface area is 114 Å². The number of hydrogen-bond donors (Lipinski definition) is 2. The minimum absolute atomic E-state index is 0.00555. The summed E-state index contributed by atoms with van der Waals surface area (Å²) in [4.78, 5) is 18.2. The second-order valence-corrected chi connectivity index (χ2v) is 4.64. The molecule has 106 valence electrons. The molecule has 0 aliphatic heterocycles. The first-order chi connectivity index (χ1) is 9.08. The molecule has 0 spiro atoms. The summed E-state index contributed by atoms with van der Waals surface area (Å²) in [7, 11) is 3.59. The summed E-state index contributed by atoms with van der Waals surface area (Å²) >= 11 is 0. The quantitative estimate of drug-likeness (QED) is 0.736. The van der Waals surface area contributed by atoms with Crippen LogP contribution in [-0.4, -0.2) is 48.1 Å². The van der Waals surface area contributed by atoms with Gasteiger partial charge in [-0.15, -0.1) is 0 Å². The number of carbonyl (C=O) groups excluding carboxylic acids is 1. The zero-order valence-corrected chi connectivity index (χ0v) is 11.9. The molecular weight excluding hydrogens is 242 g/mol. The maximum absolute atomic E-state index is 12.2. The highest BCUT2D eigenvalue weighted by Crippen LogP contribution is 2.12. The number of nitrogens with zero attached hydrogens (tertiary/aromatic N) is 2. The smallest absolute Gasteiger partial charge is 0.253 e. The Morgan fingerprint density at radius 1 is 1.37 bits per heavy atom. The predicted molar refractivity (Wildman–Crippen MR) is 76.4 cm³/mol. The zero-order valence-electron chi connectivity index (χ0n) is 11.9. The fourth-order valence-electron chi connectivity index (χ4n) is 1.88. The van der Waals surface area contributed by atoms with Crippen LogP contribution in [-0.2, 0) is 0 Å². The van der Waals surface area contributed by atoms with E-state index >= 15 is 0 Å². The van der Waals surface area contributed by atoms with Crippen LogP contribution in [0.3, 0.4) is 0 Å². The molecule has 0 radical (unpaired) electrons. The van der Waals surface area contributed by atoms with E-state index in [2.05, 4.69) is 10.3 Å². The maximum atomic E-state index is 12.2. The molecule has 1 aromatic rings. The molecule has 0 atom stereocenters. The van der Waals surface area contributed by atoms with Crippen molar-refractivity contribution >= 4 is 11.7 Å². The molecule has 1 heterocycles. The van der Waals surface area contributed by atoms with E-state index in [-0.39, 0.29) is 12.5 Å². The molecule has 5 nitrogen and oxygen atoms in total. The molecule has 0 bridgehead atoms. The monoisotopic (exact) mass is 265 g/mol. The molecule has 1 amide bonds. The van der Waals surface area contributed by atoms with Crippen molar-refractivity contribution < 1.29 is 9.90 Å². The number of unbranched alkanes of at least 4 members (excludes halogenated alkanes) is 2. The van der Waals surface area contributed by atoms with Crippen molar-refractivity contribution in [2.75, 3.05) is 32.6 Å². The van der Waals surface area contributed by atoms with Crippen LogP contribution in [0.2, 0.25) is 0 Å². The van der Waals surface area contributed by atoms with Gasteiger partial charge in [0.2, 0.25) is 0 Å². The van der Waals surface area contributed by atoms with Gasteiger partial charge in [-0.25, -0.2) is 4.98 Å². The van der Waals surface area contributed by atoms with Gasteiger partial charge in [0.1, 0.15) is 5.82 Å². The van der Waals surface area contributed by atoms with E-state index in [0.717, 1.165) is 25.0 Å². The molecule has 19 heavy (non-hydrogen) atoms. The standard InChI is InChI=1S/C14H23N3O2/c1-11-9-12(10-13(15-2)16-11)14(19)17(3)7-5-4-6-8-18/h9-10,18H,4-8H2,1-3H3,(H,15,16). The third-order valence-electron chi connectivity index (χ3n) is 2.95. The minimum Gasteiger partial charge on any atom is -0.396 e. The summed E-state index contributed by atoms with van der Waals surface area (Å²) in [6.07, 6.45) is 2.64. The molecule has 1 aromatic heterocycles. The number of aromatic nitrogens is 1. The highest BCUT2D eigenvalue weighted by Gasteiger charge is 2.12. The van der Waals surface area contributed by atoms with Crippen LogP contribution in [0.1, 0.15) is 35.3 Å². The van der Waals surface area contributed by atoms with Gasteiger partial charge in [-0.05, 0) is 38.3 Å². The summed E-state index contributed by atoms with van der Waals surface area (Å²) in [6.45, 7) is 2.79. The molecule has 0 saturated heterocycles. The van der Waals surface area contributed by atoms with Crippen molar-refractivity contribution in [1.29, 1.82) is 0 Å². The van der Waals surface area contributed by atoms with Gasteiger partial charge in [-0.2, -0.15) is 0 Å². The van der Waals surface area contributed by atoms with Gasteiger partial charge in [0.25, 0.3) is 5.91 Å². The van der Waals surface area contributed by atoms with E-state index < -0.39 is 0 Å². The van der Waals surface area contributed by atoms with E-state index in [1.807, 2.05) is 6.92 Å². The second-order valence-electron chi connectivity index (χ2n) is 4.64. The number of aliphatic hydroxyl groups is 1. The van der Waals surface area contributed by atoms with E-state index in [1.54, 1.807) is 31.1 Å². The highest BCUT2D eigenvalue weighted by molar-refractivity contribution is 5.94. The summed E-state index contributed by atoms with van der Waals surface area (Å²) in [5, 5.41) is 11.7. The van der Waals surface area contributed by atoms with Crippen LogP contribution in [0.25, 0.3) is 0 Å². The highest BCUT2D eigenvalue weighted by atomic mass is 16.2. The molecule has 0 aliphatic rings. The Hall–Kier alpha value is -1.62. The van der Waals surface area contributed by atoms with Crippen molar-refractivity contribution in [1.82, 2.24) is 9.88 Å². The summed E-state index contributed by atoms with van der Waals surface area (Å²) in [6, 6.07) is 3.56. The van der Waals surface area contributed by atoms with E-state index in [0.29, 0.717) is 17.9 Å². The summed E-state index contributed by atoms with van der Waals surface area (Å²) in [5.74, 6) is 0.711. The lowest BCUT2D eigenvalue weighted by atomic mass is 10.2. The zero-order chi connectivity index (χ0) is 14.3. The van der Waals surface area contributed by atoms with Crippen LogP contribution >= 0.6 is 0 Å². The number of aryl methyl sites for hydroxylation is 1. The summed E-state index contributed by atoms with van der Waals surface area (Å²) in [5.41, 5.74) is 1.48. The fourth-order valence-corrected chi connectivity index (χ4v) is 1.88. The Morgan fingerprint density at radius 2 is 2.11 bits per heavy atom. The van der Waals surface area contributed by atoms with Crippen molar-refractivity contribution in [2.45, 2.75) is 26.2 Å². The molecule has 0 aromatic carbocycles. The lowest BCUT2D eigenvalue weighted by Crippen LogP contribution is -2.28. The molecule has 0 saturated carbocycles. The first kappa shape index (κ1) is 15.4. The molecule has 2 N–H and O–H groups in total. The van der Waals surface area contributed by atoms with Gasteiger partial charge in [-0.3, -0.25) is 4.79 Å². The van der Waals surface area contributed by atoms with Gasteiger partial charge >= 0.3 is 0 Å². The van der Waals surface area contributed by atoms with Gasteiger partial charge in [0.05, 0.1) is 0 Å². The predicted octanol–water partition coefficient (Wildman–Crippen LogP) is 1.67. The minimum atomic E-state index is 0.00555. The van der Waals surface area contributed by atoms with E-state index in [4.69, 9.17) is 5.11 Å². The molecular formula is C14H23N3O2. The maximum Gasteiger partial charge on any atom is 0.253 e. The molecule has 0 unspecified atom stereocenters. The normalized spacial score (nSPS) is 10.3. The van der Waals surface area contributed by atoms with Crippen molar-refractivity contribution in [3.63, 3.8) is 0 Å². The third kappa shape index (κ3) is 4.87. The number of amides is 1. The van der Waals surface area contributed by atoms with Crippen LogP contribution in [0.4, 0.5) is 5.82 Å². The van der Waals surface area contributed by atoms with Gasteiger partial charge in [0, 0.05) is 38.5 Å². The molecule has 5 heteroatoms. The van der Waals surface area contributed by atoms with Gasteiger partial charge in [-0.1, -0.05) is 0 Å². The summed E-state index contributed by atoms with van der Waals surface area (Å²) < 4.78 is 0. The molecule has 1 rings (SSSR count). The number of hydrogen-bond acceptors (Lipinski definition) is 4. The number of nitrogens with one attached hydrogen (secondary N) is 1. The number of rotatable bonds is 7. The average Bonchev–Trinajstić information content (AvgIpc) is 2.41. The Bertz CT molecular complexity index is 421. The van der Waals surface area contributed by atoms with Gasteiger partial charge < -0.3 is 15.3 Å². The Morgan fingerprint density at radius 3 is 2.74 bits per heavy atom. The molecule has 0 aliphatic carbocycles. The number of anilines is 1. The SMILES string of the molecule is CNc1cc(C(=O)N(C)CCCCCO)cc(C)n1. The first-order valence-electron chi connectivity index (χ1n) is 6.61. The molecule has 0 fully saturated rings. The lowest BCUT2D eigenvalue weighted by molar-refractivity contribution is 0.0792. The van der Waals surface area contributed by atoms with Crippen LogP contribution in [0.15, 0.2) is 12.1 Å². The number of carbonyl (C=O) groups is 1. The van der Waals surface area contributed by atoms with E-state index in [1.165, 1.54) is 0 Å². The Balaban J connectivity index is 2.63. The van der Waals surface area contributed by atoms with Crippen LogP contribution < -0.4 is 5.32 Å². The Kier molecular flexibility index (Phi) is 6.29. The van der Waals surface area contributed by atoms with Crippen LogP contribution in [0, 0.1) is 6.92 Å². The van der Waals surface area contributed by atoms with Crippen molar-refractivity contribution in [3.8, 4) is 0 Å². The van der Waals surface area contributed by atoms with Gasteiger partial charge in [0.15, 0.2) is 0 Å². The number of aliphatic hydroxyl groups excluding tert-OH is 1. The average molecular weight is 265 g/mol. The van der Waals surface area contributed by atoms with Crippen molar-refractivity contribution in [2.24, 2.45) is 0 Å². The first-order valence-corrected chi connectivity index (χ1v) is 6.61. The third-order valence-corrected chi connectivity index (χ3v) is 2.95. The van der Waals surface area contributed by atoms with Crippen LogP contribution in [0.5, 0.6) is 0 Å². The largest absolute Gasteiger partial charge is 0.396 e. The van der Waals surface area contributed by atoms with Crippen molar-refractivity contribution in [3.05, 3.63) is 23.4 Å². The lowest BCUT2D eigenvalue weighted by Gasteiger charge is -2.17. The fraction of sp³-hybridized carbons (Fsp3) is 0.571. The van der Waals surface area contributed by atoms with E-state index in [9.17, 15) is 4.79 Å².